The lowest BCUT2D eigenvalue weighted by Gasteiger charge is -2.14. The van der Waals surface area contributed by atoms with Gasteiger partial charge >= 0.3 is 0 Å². The Balaban J connectivity index is 2.28. The van der Waals surface area contributed by atoms with Crippen molar-refractivity contribution in [3.8, 4) is 11.5 Å². The van der Waals surface area contributed by atoms with Crippen LogP contribution < -0.4 is 14.8 Å². The van der Waals surface area contributed by atoms with E-state index in [9.17, 15) is 0 Å². The second kappa shape index (κ2) is 7.84. The quantitative estimate of drug-likeness (QED) is 0.652. The maximum absolute atomic E-state index is 5.46. The standard InChI is InChI=1S/C17H22N2O2S/c1-12(2)19-17(15-9-6-10-22-15)18-11-13-7-5-8-14(20-3)16(13)21-4/h5-10,12H,11H2,1-4H3,(H,18,19). The van der Waals surface area contributed by atoms with Gasteiger partial charge in [-0.1, -0.05) is 18.2 Å². The van der Waals surface area contributed by atoms with E-state index in [-0.39, 0.29) is 0 Å². The first-order valence-electron chi connectivity index (χ1n) is 7.20. The molecular formula is C17H22N2O2S. The van der Waals surface area contributed by atoms with Gasteiger partial charge in [0.2, 0.25) is 0 Å². The minimum atomic E-state index is 0.327. The predicted molar refractivity (Wildman–Crippen MR) is 92.4 cm³/mol. The van der Waals surface area contributed by atoms with Crippen LogP contribution >= 0.6 is 11.3 Å². The van der Waals surface area contributed by atoms with Crippen molar-refractivity contribution >= 4 is 17.2 Å². The monoisotopic (exact) mass is 318 g/mol. The summed E-state index contributed by atoms with van der Waals surface area (Å²) in [4.78, 5) is 5.88. The highest BCUT2D eigenvalue weighted by molar-refractivity contribution is 7.12. The summed E-state index contributed by atoms with van der Waals surface area (Å²) in [5, 5.41) is 5.46. The average Bonchev–Trinajstić information content (AvgIpc) is 3.04. The maximum atomic E-state index is 5.46. The van der Waals surface area contributed by atoms with Crippen LogP contribution in [0.25, 0.3) is 0 Å². The van der Waals surface area contributed by atoms with E-state index in [2.05, 4.69) is 30.6 Å². The summed E-state index contributed by atoms with van der Waals surface area (Å²) in [6.07, 6.45) is 0. The van der Waals surface area contributed by atoms with Crippen LogP contribution in [0.2, 0.25) is 0 Å². The molecule has 22 heavy (non-hydrogen) atoms. The molecule has 0 aliphatic carbocycles. The second-order valence-electron chi connectivity index (χ2n) is 5.09. The van der Waals surface area contributed by atoms with Gasteiger partial charge in [0.1, 0.15) is 5.84 Å². The largest absolute Gasteiger partial charge is 0.493 e. The van der Waals surface area contributed by atoms with Crippen LogP contribution in [0.1, 0.15) is 24.3 Å². The molecule has 2 aromatic rings. The summed E-state index contributed by atoms with van der Waals surface area (Å²) >= 11 is 1.68. The summed E-state index contributed by atoms with van der Waals surface area (Å²) in [5.74, 6) is 2.38. The molecule has 0 fully saturated rings. The van der Waals surface area contributed by atoms with Crippen LogP contribution in [0.4, 0.5) is 0 Å². The minimum Gasteiger partial charge on any atom is -0.493 e. The van der Waals surface area contributed by atoms with Gasteiger partial charge in [-0.15, -0.1) is 11.3 Å². The van der Waals surface area contributed by atoms with Gasteiger partial charge in [-0.05, 0) is 31.4 Å². The van der Waals surface area contributed by atoms with Crippen molar-refractivity contribution < 1.29 is 9.47 Å². The molecular weight excluding hydrogens is 296 g/mol. The van der Waals surface area contributed by atoms with Crippen LogP contribution in [0.5, 0.6) is 11.5 Å². The molecule has 1 aromatic carbocycles. The van der Waals surface area contributed by atoms with Crippen molar-refractivity contribution in [3.63, 3.8) is 0 Å². The Morgan fingerprint density at radius 1 is 1.18 bits per heavy atom. The van der Waals surface area contributed by atoms with Gasteiger partial charge in [0.05, 0.1) is 25.6 Å². The zero-order chi connectivity index (χ0) is 15.9. The summed E-state index contributed by atoms with van der Waals surface area (Å²) in [6.45, 7) is 4.75. The van der Waals surface area contributed by atoms with Crippen molar-refractivity contribution in [1.82, 2.24) is 5.32 Å². The number of aliphatic imine (C=N–C) groups is 1. The molecule has 0 atom stereocenters. The molecule has 0 spiro atoms. The first-order chi connectivity index (χ1) is 10.7. The van der Waals surface area contributed by atoms with E-state index in [1.165, 1.54) is 0 Å². The number of rotatable bonds is 6. The number of methoxy groups -OCH3 is 2. The fourth-order valence-electron chi connectivity index (χ4n) is 2.12. The van der Waals surface area contributed by atoms with Gasteiger partial charge in [0, 0.05) is 11.6 Å². The van der Waals surface area contributed by atoms with Gasteiger partial charge in [0.25, 0.3) is 0 Å². The van der Waals surface area contributed by atoms with Crippen LogP contribution in [-0.2, 0) is 6.54 Å². The van der Waals surface area contributed by atoms with E-state index >= 15 is 0 Å². The van der Waals surface area contributed by atoms with Gasteiger partial charge in [-0.25, -0.2) is 0 Å². The summed E-state index contributed by atoms with van der Waals surface area (Å²) in [6, 6.07) is 10.3. The number of hydrogen-bond acceptors (Lipinski definition) is 4. The molecule has 2 rings (SSSR count). The van der Waals surface area contributed by atoms with E-state index < -0.39 is 0 Å². The van der Waals surface area contributed by atoms with Gasteiger partial charge < -0.3 is 14.8 Å². The first kappa shape index (κ1) is 16.4. The van der Waals surface area contributed by atoms with Crippen molar-refractivity contribution in [2.24, 2.45) is 4.99 Å². The van der Waals surface area contributed by atoms with Gasteiger partial charge in [0.15, 0.2) is 11.5 Å². The molecule has 4 nitrogen and oxygen atoms in total. The topological polar surface area (TPSA) is 42.8 Å². The number of ether oxygens (including phenoxy) is 2. The van der Waals surface area contributed by atoms with Crippen molar-refractivity contribution in [1.29, 1.82) is 0 Å². The first-order valence-corrected chi connectivity index (χ1v) is 8.08. The number of thiophene rings is 1. The number of para-hydroxylation sites is 1. The lowest BCUT2D eigenvalue weighted by atomic mass is 10.2. The van der Waals surface area contributed by atoms with Crippen molar-refractivity contribution in [2.45, 2.75) is 26.4 Å². The Morgan fingerprint density at radius 3 is 2.59 bits per heavy atom. The molecule has 0 aliphatic heterocycles. The van der Waals surface area contributed by atoms with Crippen LogP contribution in [0, 0.1) is 0 Å². The molecule has 5 heteroatoms. The number of nitrogens with zero attached hydrogens (tertiary/aromatic N) is 1. The number of amidine groups is 1. The summed E-state index contributed by atoms with van der Waals surface area (Å²) < 4.78 is 10.8. The molecule has 0 saturated carbocycles. The van der Waals surface area contributed by atoms with E-state index in [1.807, 2.05) is 24.3 Å². The van der Waals surface area contributed by atoms with E-state index in [0.717, 1.165) is 27.8 Å². The molecule has 1 N–H and O–H groups in total. The lowest BCUT2D eigenvalue weighted by molar-refractivity contribution is 0.352. The van der Waals surface area contributed by atoms with Gasteiger partial charge in [-0.2, -0.15) is 0 Å². The normalized spacial score (nSPS) is 11.6. The predicted octanol–water partition coefficient (Wildman–Crippen LogP) is 3.71. The zero-order valence-corrected chi connectivity index (χ0v) is 14.2. The lowest BCUT2D eigenvalue weighted by Crippen LogP contribution is -2.30. The Labute approximate surface area is 135 Å². The van der Waals surface area contributed by atoms with Crippen LogP contribution in [0.15, 0.2) is 40.7 Å². The molecule has 0 bridgehead atoms. The Morgan fingerprint density at radius 2 is 2.00 bits per heavy atom. The van der Waals surface area contributed by atoms with Gasteiger partial charge in [-0.3, -0.25) is 4.99 Å². The smallest absolute Gasteiger partial charge is 0.165 e. The van der Waals surface area contributed by atoms with Crippen LogP contribution in [0.3, 0.4) is 0 Å². The fourth-order valence-corrected chi connectivity index (χ4v) is 2.82. The molecule has 1 heterocycles. The van der Waals surface area contributed by atoms with E-state index in [0.29, 0.717) is 12.6 Å². The average molecular weight is 318 g/mol. The SMILES string of the molecule is COc1cccc(CN=C(NC(C)C)c2cccs2)c1OC. The summed E-state index contributed by atoms with van der Waals surface area (Å²) in [7, 11) is 3.29. The number of hydrogen-bond donors (Lipinski definition) is 1. The van der Waals surface area contributed by atoms with Crippen molar-refractivity contribution in [2.75, 3.05) is 14.2 Å². The molecule has 0 saturated heterocycles. The third-order valence-electron chi connectivity index (χ3n) is 3.07. The Bertz CT molecular complexity index is 622. The fraction of sp³-hybridized carbons (Fsp3) is 0.353. The molecule has 1 aromatic heterocycles. The molecule has 0 unspecified atom stereocenters. The van der Waals surface area contributed by atoms with E-state index in [4.69, 9.17) is 14.5 Å². The molecule has 0 amide bonds. The summed E-state index contributed by atoms with van der Waals surface area (Å²) in [5.41, 5.74) is 1.00. The molecule has 0 aliphatic rings. The van der Waals surface area contributed by atoms with Crippen LogP contribution in [-0.4, -0.2) is 26.1 Å². The van der Waals surface area contributed by atoms with Crippen molar-refractivity contribution in [3.05, 3.63) is 46.2 Å². The third-order valence-corrected chi connectivity index (χ3v) is 3.95. The number of benzene rings is 1. The Hall–Kier alpha value is -2.01. The van der Waals surface area contributed by atoms with E-state index in [1.54, 1.807) is 25.6 Å². The molecule has 118 valence electrons. The third kappa shape index (κ3) is 4.01. The Kier molecular flexibility index (Phi) is 5.83. The highest BCUT2D eigenvalue weighted by Crippen LogP contribution is 2.31. The highest BCUT2D eigenvalue weighted by Gasteiger charge is 2.10. The minimum absolute atomic E-state index is 0.327. The highest BCUT2D eigenvalue weighted by atomic mass is 32.1. The molecule has 0 radical (unpaired) electrons. The maximum Gasteiger partial charge on any atom is 0.165 e. The second-order valence-corrected chi connectivity index (χ2v) is 6.04. The number of nitrogens with one attached hydrogen (secondary N) is 1. The zero-order valence-electron chi connectivity index (χ0n) is 13.4.